The molecule has 1 aromatic heterocycles. The van der Waals surface area contributed by atoms with Gasteiger partial charge in [0.25, 0.3) is 5.91 Å². The standard InChI is InChI=1S/C21H15NO4S/c1-2-10-26-17-5-3-4-15(11-17)14-6-8-16(9-7-14)22-20(23)18-12-27-13-19(18)21(24)25/h1,3-9,11-13H,10H2,(H,22,23)(H,24,25). The summed E-state index contributed by atoms with van der Waals surface area (Å²) in [4.78, 5) is 23.4. The predicted molar refractivity (Wildman–Crippen MR) is 105 cm³/mol. The second-order valence-corrected chi connectivity index (χ2v) is 6.30. The lowest BCUT2D eigenvalue weighted by atomic mass is 10.0. The molecule has 6 heteroatoms. The molecule has 0 radical (unpaired) electrons. The molecule has 3 aromatic rings. The highest BCUT2D eigenvalue weighted by molar-refractivity contribution is 7.08. The Balaban J connectivity index is 1.74. The molecule has 0 atom stereocenters. The van der Waals surface area contributed by atoms with E-state index >= 15 is 0 Å². The number of rotatable bonds is 6. The van der Waals surface area contributed by atoms with Crippen LogP contribution < -0.4 is 10.1 Å². The van der Waals surface area contributed by atoms with Crippen LogP contribution in [-0.2, 0) is 0 Å². The summed E-state index contributed by atoms with van der Waals surface area (Å²) >= 11 is 1.17. The Morgan fingerprint density at radius 1 is 1.07 bits per heavy atom. The van der Waals surface area contributed by atoms with Crippen molar-refractivity contribution in [3.63, 3.8) is 0 Å². The third-order valence-corrected chi connectivity index (χ3v) is 4.51. The Bertz CT molecular complexity index is 1020. The largest absolute Gasteiger partial charge is 0.481 e. The van der Waals surface area contributed by atoms with Crippen molar-refractivity contribution < 1.29 is 19.4 Å². The number of thiophene rings is 1. The summed E-state index contributed by atoms with van der Waals surface area (Å²) in [6, 6.07) is 14.8. The smallest absolute Gasteiger partial charge is 0.337 e. The molecule has 0 saturated heterocycles. The van der Waals surface area contributed by atoms with Gasteiger partial charge < -0.3 is 15.2 Å². The molecule has 5 nitrogen and oxygen atoms in total. The van der Waals surface area contributed by atoms with E-state index in [0.717, 1.165) is 11.1 Å². The molecule has 0 aliphatic carbocycles. The van der Waals surface area contributed by atoms with Crippen LogP contribution in [0.15, 0.2) is 59.3 Å². The number of ether oxygens (including phenoxy) is 1. The zero-order valence-corrected chi connectivity index (χ0v) is 15.0. The first-order valence-electron chi connectivity index (χ1n) is 7.96. The number of aromatic carboxylic acids is 1. The minimum absolute atomic E-state index is 0.00194. The number of carboxylic acids is 1. The van der Waals surface area contributed by atoms with E-state index in [1.807, 2.05) is 36.4 Å². The number of anilines is 1. The van der Waals surface area contributed by atoms with Crippen LogP contribution in [-0.4, -0.2) is 23.6 Å². The third kappa shape index (κ3) is 4.35. The first kappa shape index (κ1) is 18.2. The molecule has 134 valence electrons. The van der Waals surface area contributed by atoms with Gasteiger partial charge >= 0.3 is 5.97 Å². The van der Waals surface area contributed by atoms with Crippen molar-refractivity contribution in [1.82, 2.24) is 0 Å². The molecule has 0 spiro atoms. The Morgan fingerprint density at radius 3 is 2.52 bits per heavy atom. The van der Waals surface area contributed by atoms with Gasteiger partial charge in [0.05, 0.1) is 11.1 Å². The number of hydrogen-bond acceptors (Lipinski definition) is 4. The number of carboxylic acid groups (broad SMARTS) is 1. The van der Waals surface area contributed by atoms with Crippen molar-refractivity contribution >= 4 is 28.9 Å². The van der Waals surface area contributed by atoms with Gasteiger partial charge in [0.1, 0.15) is 12.4 Å². The number of carbonyl (C=O) groups is 2. The molecule has 0 bridgehead atoms. The lowest BCUT2D eigenvalue weighted by Gasteiger charge is -2.08. The molecule has 27 heavy (non-hydrogen) atoms. The van der Waals surface area contributed by atoms with Crippen molar-refractivity contribution in [2.24, 2.45) is 0 Å². The number of benzene rings is 2. The summed E-state index contributed by atoms with van der Waals surface area (Å²) in [7, 11) is 0. The Labute approximate surface area is 160 Å². The first-order valence-corrected chi connectivity index (χ1v) is 8.90. The van der Waals surface area contributed by atoms with Crippen LogP contribution in [0.5, 0.6) is 5.75 Å². The average Bonchev–Trinajstić information content (AvgIpc) is 3.17. The zero-order valence-electron chi connectivity index (χ0n) is 14.1. The van der Waals surface area contributed by atoms with Crippen molar-refractivity contribution in [2.45, 2.75) is 0 Å². The van der Waals surface area contributed by atoms with Crippen LogP contribution in [0.4, 0.5) is 5.69 Å². The first-order chi connectivity index (χ1) is 13.1. The Kier molecular flexibility index (Phi) is 5.55. The van der Waals surface area contributed by atoms with Gasteiger partial charge in [-0.1, -0.05) is 30.2 Å². The van der Waals surface area contributed by atoms with Gasteiger partial charge in [0.15, 0.2) is 0 Å². The molecule has 2 N–H and O–H groups in total. The normalized spacial score (nSPS) is 10.0. The lowest BCUT2D eigenvalue weighted by Crippen LogP contribution is -2.14. The molecule has 1 amide bonds. The van der Waals surface area contributed by atoms with Crippen LogP contribution in [0.3, 0.4) is 0 Å². The number of terminal acetylenes is 1. The second kappa shape index (κ2) is 8.21. The number of nitrogens with one attached hydrogen (secondary N) is 1. The van der Waals surface area contributed by atoms with Gasteiger partial charge in [-0.25, -0.2) is 4.79 Å². The van der Waals surface area contributed by atoms with Gasteiger partial charge in [-0.05, 0) is 35.4 Å². The quantitative estimate of drug-likeness (QED) is 0.625. The highest BCUT2D eigenvalue weighted by Gasteiger charge is 2.17. The maximum atomic E-state index is 12.3. The van der Waals surface area contributed by atoms with E-state index in [-0.39, 0.29) is 17.7 Å². The number of amides is 1. The lowest BCUT2D eigenvalue weighted by molar-refractivity contribution is 0.0693. The summed E-state index contributed by atoms with van der Waals surface area (Å²) in [6.45, 7) is 0.204. The topological polar surface area (TPSA) is 75.6 Å². The van der Waals surface area contributed by atoms with Crippen molar-refractivity contribution in [2.75, 3.05) is 11.9 Å². The van der Waals surface area contributed by atoms with Crippen molar-refractivity contribution in [1.29, 1.82) is 0 Å². The van der Waals surface area contributed by atoms with Gasteiger partial charge in [-0.3, -0.25) is 4.79 Å². The molecule has 0 aliphatic heterocycles. The fraction of sp³-hybridized carbons (Fsp3) is 0.0476. The molecular formula is C21H15NO4S. The molecule has 0 aliphatic rings. The summed E-state index contributed by atoms with van der Waals surface area (Å²) in [6.07, 6.45) is 5.20. The zero-order chi connectivity index (χ0) is 19.2. The Hall–Kier alpha value is -3.56. The van der Waals surface area contributed by atoms with E-state index in [0.29, 0.717) is 11.4 Å². The molecule has 1 heterocycles. The van der Waals surface area contributed by atoms with Crippen LogP contribution in [0, 0.1) is 12.3 Å². The van der Waals surface area contributed by atoms with E-state index in [9.17, 15) is 9.59 Å². The fourth-order valence-corrected chi connectivity index (χ4v) is 3.28. The predicted octanol–water partition coefficient (Wildman–Crippen LogP) is 4.38. The summed E-state index contributed by atoms with van der Waals surface area (Å²) in [5, 5.41) is 14.8. The van der Waals surface area contributed by atoms with Crippen LogP contribution in [0.1, 0.15) is 20.7 Å². The van der Waals surface area contributed by atoms with E-state index in [1.54, 1.807) is 12.1 Å². The van der Waals surface area contributed by atoms with Crippen LogP contribution in [0.25, 0.3) is 11.1 Å². The molecule has 0 unspecified atom stereocenters. The van der Waals surface area contributed by atoms with E-state index in [2.05, 4.69) is 11.2 Å². The van der Waals surface area contributed by atoms with Crippen LogP contribution >= 0.6 is 11.3 Å². The second-order valence-electron chi connectivity index (χ2n) is 5.56. The third-order valence-electron chi connectivity index (χ3n) is 3.77. The molecule has 0 saturated carbocycles. The van der Waals surface area contributed by atoms with Crippen LogP contribution in [0.2, 0.25) is 0 Å². The maximum absolute atomic E-state index is 12.3. The highest BCUT2D eigenvalue weighted by Crippen LogP contribution is 2.25. The van der Waals surface area contributed by atoms with E-state index in [1.165, 1.54) is 22.1 Å². The van der Waals surface area contributed by atoms with Crippen molar-refractivity contribution in [3.8, 4) is 29.2 Å². The van der Waals surface area contributed by atoms with Gasteiger partial charge in [0.2, 0.25) is 0 Å². The highest BCUT2D eigenvalue weighted by atomic mass is 32.1. The number of carbonyl (C=O) groups excluding carboxylic acids is 1. The minimum atomic E-state index is -1.12. The summed E-state index contributed by atoms with van der Waals surface area (Å²) in [5.74, 6) is 1.53. The molecule has 2 aromatic carbocycles. The van der Waals surface area contributed by atoms with Crippen molar-refractivity contribution in [3.05, 3.63) is 70.4 Å². The summed E-state index contributed by atoms with van der Waals surface area (Å²) < 4.78 is 5.43. The Morgan fingerprint density at radius 2 is 1.81 bits per heavy atom. The van der Waals surface area contributed by atoms with Gasteiger partial charge in [-0.2, -0.15) is 11.3 Å². The average molecular weight is 377 g/mol. The fourth-order valence-electron chi connectivity index (χ4n) is 2.47. The molecule has 0 fully saturated rings. The van der Waals surface area contributed by atoms with Gasteiger partial charge in [-0.15, -0.1) is 6.42 Å². The van der Waals surface area contributed by atoms with E-state index in [4.69, 9.17) is 16.3 Å². The number of hydrogen-bond donors (Lipinski definition) is 2. The molecule has 3 rings (SSSR count). The van der Waals surface area contributed by atoms with Gasteiger partial charge in [0, 0.05) is 16.4 Å². The summed E-state index contributed by atoms with van der Waals surface area (Å²) in [5.41, 5.74) is 2.62. The SMILES string of the molecule is C#CCOc1cccc(-c2ccc(NC(=O)c3cscc3C(=O)O)cc2)c1. The van der Waals surface area contributed by atoms with E-state index < -0.39 is 11.9 Å². The minimum Gasteiger partial charge on any atom is -0.481 e. The maximum Gasteiger partial charge on any atom is 0.337 e. The monoisotopic (exact) mass is 377 g/mol. The molecular weight excluding hydrogens is 362 g/mol.